The van der Waals surface area contributed by atoms with E-state index in [0.29, 0.717) is 72.5 Å². The van der Waals surface area contributed by atoms with Crippen molar-refractivity contribution in [1.29, 1.82) is 0 Å². The average molecular weight is 860 g/mol. The lowest BCUT2D eigenvalue weighted by Gasteiger charge is -2.32. The van der Waals surface area contributed by atoms with E-state index in [0.717, 1.165) is 6.07 Å². The molecule has 1 aliphatic rings. The van der Waals surface area contributed by atoms with Crippen molar-refractivity contribution >= 4 is 47.7 Å². The van der Waals surface area contributed by atoms with Crippen LogP contribution in [0.2, 0.25) is 0 Å². The van der Waals surface area contributed by atoms with Crippen LogP contribution >= 0.6 is 0 Å². The standard InChI is InChI=1S/C39H52F2N2O11S3/c1-28(15-7-5-8-16-35-38(2,3)37-32(41)25-29(40)26-34(37)43(35)22-12-6-9-17-36(44)45)39(4,20-10-13-23-55(46,47)48)31-27-30(57(52,53)54)18-19-33(31)42-21-11-14-24-56(49,50)51/h5,7-8,15-16,18-19,25-27,42H,1,6,9-14,17,20-24H2,2-4H3,(H,44,45)(H,46,47,48)(H,49,50,51)(H,52,53,54)/p+1. The van der Waals surface area contributed by atoms with Crippen LogP contribution in [0, 0.1) is 11.6 Å². The molecular weight excluding hydrogens is 807 g/mol. The van der Waals surface area contributed by atoms with Crippen LogP contribution in [0.15, 0.2) is 83.5 Å². The molecule has 0 saturated carbocycles. The van der Waals surface area contributed by atoms with Crippen molar-refractivity contribution in [2.45, 2.75) is 94.3 Å². The molecule has 6 N–H and O–H groups in total. The summed E-state index contributed by atoms with van der Waals surface area (Å²) in [5.41, 5.74) is 0.930. The molecule has 1 atom stereocenters. The lowest BCUT2D eigenvalue weighted by molar-refractivity contribution is -0.572. The average Bonchev–Trinajstić information content (AvgIpc) is 3.29. The van der Waals surface area contributed by atoms with Crippen molar-refractivity contribution in [1.82, 2.24) is 0 Å². The number of allylic oxidation sites excluding steroid dienone is 7. The number of halogens is 2. The van der Waals surface area contributed by atoms with Crippen molar-refractivity contribution < 1.29 is 62.9 Å². The molecule has 0 radical (unpaired) electrons. The molecule has 316 valence electrons. The minimum Gasteiger partial charge on any atom is -0.481 e. The quantitative estimate of drug-likeness (QED) is 0.0356. The van der Waals surface area contributed by atoms with Crippen LogP contribution in [-0.2, 0) is 46.0 Å². The highest BCUT2D eigenvalue weighted by molar-refractivity contribution is 7.86. The predicted molar refractivity (Wildman–Crippen MR) is 214 cm³/mol. The molecule has 3 rings (SSSR count). The van der Waals surface area contributed by atoms with E-state index in [2.05, 4.69) is 6.58 Å². The molecule has 1 heterocycles. The smallest absolute Gasteiger partial charge is 0.303 e. The first kappa shape index (κ1) is 47.6. The van der Waals surface area contributed by atoms with Gasteiger partial charge in [0, 0.05) is 52.8 Å². The zero-order chi connectivity index (χ0) is 42.8. The number of fused-ring (bicyclic) bond motifs is 1. The summed E-state index contributed by atoms with van der Waals surface area (Å²) in [5, 5.41) is 10.8. The summed E-state index contributed by atoms with van der Waals surface area (Å²) >= 11 is 0. The van der Waals surface area contributed by atoms with Gasteiger partial charge in [-0.3, -0.25) is 18.5 Å². The minimum absolute atomic E-state index is 0.0171. The van der Waals surface area contributed by atoms with E-state index in [1.165, 1.54) is 24.3 Å². The topological polar surface area (TPSA) is 220 Å². The van der Waals surface area contributed by atoms with Crippen LogP contribution < -0.4 is 10.2 Å². The van der Waals surface area contributed by atoms with Gasteiger partial charge in [-0.05, 0) is 68.4 Å². The van der Waals surface area contributed by atoms with Gasteiger partial charge in [0.2, 0.25) is 0 Å². The number of benzene rings is 2. The Morgan fingerprint density at radius 3 is 2.14 bits per heavy atom. The molecule has 18 heteroatoms. The summed E-state index contributed by atoms with van der Waals surface area (Å²) < 4.78 is 128. The molecule has 0 fully saturated rings. The maximum absolute atomic E-state index is 15.2. The first-order valence-electron chi connectivity index (χ1n) is 18.5. The Morgan fingerprint density at radius 1 is 0.877 bits per heavy atom. The Labute approximate surface area is 334 Å². The highest BCUT2D eigenvalue weighted by Crippen LogP contribution is 2.49. The van der Waals surface area contributed by atoms with E-state index < -0.39 is 75.2 Å². The second-order valence-corrected chi connectivity index (χ2v) is 19.4. The van der Waals surface area contributed by atoms with Crippen LogP contribution in [0.1, 0.15) is 89.7 Å². The van der Waals surface area contributed by atoms with Crippen molar-refractivity contribution in [3.8, 4) is 0 Å². The first-order valence-corrected chi connectivity index (χ1v) is 23.1. The van der Waals surface area contributed by atoms with Gasteiger partial charge in [-0.2, -0.15) is 25.3 Å². The number of unbranched alkanes of at least 4 members (excludes halogenated alkanes) is 4. The molecule has 0 amide bonds. The van der Waals surface area contributed by atoms with Crippen LogP contribution in [-0.4, -0.2) is 74.6 Å². The fourth-order valence-electron chi connectivity index (χ4n) is 7.08. The van der Waals surface area contributed by atoms with Gasteiger partial charge in [-0.25, -0.2) is 8.78 Å². The number of carboxylic acids is 1. The van der Waals surface area contributed by atoms with E-state index >= 15 is 4.39 Å². The van der Waals surface area contributed by atoms with Crippen molar-refractivity contribution in [3.63, 3.8) is 0 Å². The van der Waals surface area contributed by atoms with Gasteiger partial charge in [0.25, 0.3) is 30.4 Å². The van der Waals surface area contributed by atoms with E-state index in [-0.39, 0.29) is 32.1 Å². The van der Waals surface area contributed by atoms with Gasteiger partial charge in [-0.1, -0.05) is 64.5 Å². The van der Waals surface area contributed by atoms with E-state index in [1.54, 1.807) is 42.6 Å². The summed E-state index contributed by atoms with van der Waals surface area (Å²) in [6.45, 7) is 10.4. The van der Waals surface area contributed by atoms with Gasteiger partial charge in [-0.15, -0.1) is 0 Å². The molecule has 2 aromatic rings. The number of hydrogen-bond donors (Lipinski definition) is 5. The van der Waals surface area contributed by atoms with Crippen molar-refractivity contribution in [3.05, 3.63) is 101 Å². The minimum atomic E-state index is -4.66. The van der Waals surface area contributed by atoms with Gasteiger partial charge in [0.05, 0.1) is 28.6 Å². The van der Waals surface area contributed by atoms with E-state index in [1.807, 2.05) is 18.7 Å². The monoisotopic (exact) mass is 859 g/mol. The maximum Gasteiger partial charge on any atom is 0.303 e. The summed E-state index contributed by atoms with van der Waals surface area (Å²) in [5.74, 6) is -3.24. The molecule has 13 nitrogen and oxygen atoms in total. The zero-order valence-electron chi connectivity index (χ0n) is 32.3. The number of carboxylic acid groups (broad SMARTS) is 1. The summed E-state index contributed by atoms with van der Waals surface area (Å²) in [6, 6.07) is 6.15. The van der Waals surface area contributed by atoms with Crippen LogP contribution in [0.4, 0.5) is 20.2 Å². The third-order valence-corrected chi connectivity index (χ3v) is 12.6. The zero-order valence-corrected chi connectivity index (χ0v) is 34.8. The Bertz CT molecular complexity index is 2220. The Morgan fingerprint density at radius 2 is 1.53 bits per heavy atom. The normalized spacial score (nSPS) is 16.4. The SMILES string of the molecule is C=C(C=CC=CC=C1N(CCCCCC(=O)O)c2cc(F)cc(F)c2C1(C)C)C(C)(CCCCS(=O)(=O)O)c1cc(S(=O)(=O)O)ccc1[NH2+]CCCCS(=O)(=O)O. The Balaban J connectivity index is 1.98. The third-order valence-electron chi connectivity index (χ3n) is 10.1. The largest absolute Gasteiger partial charge is 0.481 e. The molecule has 0 bridgehead atoms. The fourth-order valence-corrected chi connectivity index (χ4v) is 8.73. The summed E-state index contributed by atoms with van der Waals surface area (Å²) in [6.07, 6.45) is 11.3. The Kier molecular flexibility index (Phi) is 16.5. The number of aliphatic carboxylic acids is 1. The molecule has 0 aliphatic carbocycles. The number of anilines is 1. The molecule has 2 aromatic carbocycles. The van der Waals surface area contributed by atoms with Crippen molar-refractivity contribution in [2.75, 3.05) is 29.5 Å². The third kappa shape index (κ3) is 13.9. The van der Waals surface area contributed by atoms with E-state index in [9.17, 15) is 43.5 Å². The number of nitrogens with two attached hydrogens (primary N) is 1. The lowest BCUT2D eigenvalue weighted by atomic mass is 9.72. The summed E-state index contributed by atoms with van der Waals surface area (Å²) in [4.78, 5) is 12.4. The first-order chi connectivity index (χ1) is 26.4. The second kappa shape index (κ2) is 19.8. The van der Waals surface area contributed by atoms with Crippen LogP contribution in [0.5, 0.6) is 0 Å². The molecule has 1 aliphatic heterocycles. The number of quaternary nitrogens is 1. The molecule has 57 heavy (non-hydrogen) atoms. The highest BCUT2D eigenvalue weighted by Gasteiger charge is 2.42. The molecule has 0 spiro atoms. The van der Waals surface area contributed by atoms with Crippen molar-refractivity contribution in [2.24, 2.45) is 0 Å². The summed E-state index contributed by atoms with van der Waals surface area (Å²) in [7, 11) is -13.1. The number of nitrogens with zero attached hydrogens (tertiary/aromatic N) is 1. The number of rotatable bonds is 23. The van der Waals surface area contributed by atoms with Crippen LogP contribution in [0.25, 0.3) is 0 Å². The fraction of sp³-hybridized carbons (Fsp3) is 0.462. The van der Waals surface area contributed by atoms with E-state index in [4.69, 9.17) is 9.66 Å². The maximum atomic E-state index is 15.2. The van der Waals surface area contributed by atoms with Crippen LogP contribution in [0.3, 0.4) is 0 Å². The molecular formula is C39H53F2N2O11S3+. The van der Waals surface area contributed by atoms with Gasteiger partial charge < -0.3 is 15.3 Å². The molecule has 1 unspecified atom stereocenters. The van der Waals surface area contributed by atoms with Gasteiger partial charge in [0.1, 0.15) is 17.3 Å². The Hall–Kier alpha value is -3.78. The molecule has 0 saturated heterocycles. The van der Waals surface area contributed by atoms with Gasteiger partial charge >= 0.3 is 5.97 Å². The highest BCUT2D eigenvalue weighted by atomic mass is 32.2. The molecule has 0 aromatic heterocycles. The van der Waals surface area contributed by atoms with Gasteiger partial charge in [0.15, 0.2) is 0 Å². The second-order valence-electron chi connectivity index (χ2n) is 14.9. The lowest BCUT2D eigenvalue weighted by Crippen LogP contribution is -2.78. The number of carbonyl (C=O) groups is 1. The number of hydrogen-bond acceptors (Lipinski definition) is 8. The predicted octanol–water partition coefficient (Wildman–Crippen LogP) is 6.39.